The van der Waals surface area contributed by atoms with Gasteiger partial charge in [-0.05, 0) is 68.1 Å². The van der Waals surface area contributed by atoms with E-state index >= 15 is 0 Å². The lowest BCUT2D eigenvalue weighted by atomic mass is 10.1. The quantitative estimate of drug-likeness (QED) is 0.578. The molecule has 0 bridgehead atoms. The number of anilines is 1. The van der Waals surface area contributed by atoms with Crippen LogP contribution < -0.4 is 5.32 Å². The van der Waals surface area contributed by atoms with Crippen LogP contribution in [0.2, 0.25) is 0 Å². The number of nitro benzene ring substituents is 1. The lowest BCUT2D eigenvalue weighted by Gasteiger charge is -2.08. The van der Waals surface area contributed by atoms with Crippen LogP contribution in [0.5, 0.6) is 0 Å². The molecule has 0 aliphatic heterocycles. The lowest BCUT2D eigenvalue weighted by molar-refractivity contribution is -0.384. The molecule has 0 heterocycles. The average molecular weight is 400 g/mol. The predicted octanol–water partition coefficient (Wildman–Crippen LogP) is 5.04. The lowest BCUT2D eigenvalue weighted by Crippen LogP contribution is -2.03. The Bertz CT molecular complexity index is 660. The highest BCUT2D eigenvalue weighted by atomic mass is 79.9. The Morgan fingerprint density at radius 2 is 1.90 bits per heavy atom. The third-order valence-electron chi connectivity index (χ3n) is 2.82. The molecular formula is C14H12Br2N2O2. The summed E-state index contributed by atoms with van der Waals surface area (Å²) in [6, 6.07) is 11.0. The number of nitrogens with one attached hydrogen (secondary N) is 1. The Balaban J connectivity index is 2.18. The second-order valence-corrected chi connectivity index (χ2v) is 6.09. The molecular weight excluding hydrogens is 388 g/mol. The predicted molar refractivity (Wildman–Crippen MR) is 87.0 cm³/mol. The molecule has 0 atom stereocenters. The highest BCUT2D eigenvalue weighted by Gasteiger charge is 2.13. The monoisotopic (exact) mass is 398 g/mol. The van der Waals surface area contributed by atoms with Gasteiger partial charge < -0.3 is 5.32 Å². The van der Waals surface area contributed by atoms with Crippen molar-refractivity contribution in [3.8, 4) is 0 Å². The topological polar surface area (TPSA) is 55.2 Å². The van der Waals surface area contributed by atoms with Gasteiger partial charge in [0.25, 0.3) is 5.69 Å². The summed E-state index contributed by atoms with van der Waals surface area (Å²) in [7, 11) is 0. The van der Waals surface area contributed by atoms with E-state index in [1.54, 1.807) is 12.1 Å². The molecule has 0 saturated heterocycles. The van der Waals surface area contributed by atoms with Gasteiger partial charge in [0.15, 0.2) is 0 Å². The van der Waals surface area contributed by atoms with Crippen molar-refractivity contribution in [1.82, 2.24) is 0 Å². The first-order valence-electron chi connectivity index (χ1n) is 5.90. The van der Waals surface area contributed by atoms with E-state index < -0.39 is 0 Å². The number of aryl methyl sites for hydroxylation is 1. The van der Waals surface area contributed by atoms with Gasteiger partial charge in [-0.25, -0.2) is 0 Å². The van der Waals surface area contributed by atoms with Gasteiger partial charge >= 0.3 is 0 Å². The number of hydrogen-bond donors (Lipinski definition) is 1. The van der Waals surface area contributed by atoms with E-state index in [1.165, 1.54) is 0 Å². The fourth-order valence-corrected chi connectivity index (χ4v) is 2.46. The van der Waals surface area contributed by atoms with Crippen molar-refractivity contribution < 1.29 is 4.92 Å². The number of hydrogen-bond acceptors (Lipinski definition) is 3. The molecule has 0 saturated carbocycles. The van der Waals surface area contributed by atoms with Crippen molar-refractivity contribution in [1.29, 1.82) is 0 Å². The maximum absolute atomic E-state index is 11.0. The second kappa shape index (κ2) is 6.37. The summed E-state index contributed by atoms with van der Waals surface area (Å²) < 4.78 is 1.93. The van der Waals surface area contributed by atoms with Crippen molar-refractivity contribution in [2.45, 2.75) is 13.5 Å². The normalized spacial score (nSPS) is 10.3. The summed E-state index contributed by atoms with van der Waals surface area (Å²) >= 11 is 6.84. The Hall–Kier alpha value is -1.40. The van der Waals surface area contributed by atoms with Crippen molar-refractivity contribution in [3.63, 3.8) is 0 Å². The van der Waals surface area contributed by atoms with Crippen molar-refractivity contribution in [2.75, 3.05) is 5.32 Å². The first-order chi connectivity index (χ1) is 9.47. The Morgan fingerprint density at radius 1 is 1.15 bits per heavy atom. The van der Waals surface area contributed by atoms with E-state index in [4.69, 9.17) is 0 Å². The first-order valence-corrected chi connectivity index (χ1v) is 7.49. The molecule has 0 aromatic heterocycles. The minimum Gasteiger partial charge on any atom is -0.375 e. The minimum absolute atomic E-state index is 0.0983. The number of rotatable bonds is 4. The van der Waals surface area contributed by atoms with E-state index in [0.29, 0.717) is 12.2 Å². The number of nitrogens with zero attached hydrogens (tertiary/aromatic N) is 1. The van der Waals surface area contributed by atoms with Crippen LogP contribution in [-0.2, 0) is 6.54 Å². The van der Waals surface area contributed by atoms with Crippen molar-refractivity contribution in [3.05, 3.63) is 66.6 Å². The molecule has 2 rings (SSSR count). The number of nitro groups is 1. The zero-order valence-corrected chi connectivity index (χ0v) is 13.9. The molecule has 0 spiro atoms. The third-order valence-corrected chi connectivity index (χ3v) is 4.70. The molecule has 4 nitrogen and oxygen atoms in total. The zero-order valence-electron chi connectivity index (χ0n) is 10.7. The number of benzene rings is 2. The second-order valence-electron chi connectivity index (χ2n) is 4.38. The van der Waals surface area contributed by atoms with Crippen LogP contribution in [-0.4, -0.2) is 4.92 Å². The van der Waals surface area contributed by atoms with Gasteiger partial charge in [0.05, 0.1) is 4.92 Å². The summed E-state index contributed by atoms with van der Waals surface area (Å²) in [4.78, 5) is 10.7. The van der Waals surface area contributed by atoms with Gasteiger partial charge in [0.2, 0.25) is 0 Å². The van der Waals surface area contributed by atoms with Crippen LogP contribution in [0.1, 0.15) is 11.1 Å². The molecule has 6 heteroatoms. The van der Waals surface area contributed by atoms with Gasteiger partial charge in [0.1, 0.15) is 5.69 Å². The molecule has 2 aromatic carbocycles. The number of halogens is 2. The molecule has 20 heavy (non-hydrogen) atoms. The summed E-state index contributed by atoms with van der Waals surface area (Å²) in [6.07, 6.45) is 0. The molecule has 104 valence electrons. The summed E-state index contributed by atoms with van der Waals surface area (Å²) in [5.41, 5.74) is 2.53. The molecule has 0 aliphatic carbocycles. The first kappa shape index (κ1) is 15.0. The van der Waals surface area contributed by atoms with E-state index in [0.717, 1.165) is 20.1 Å². The van der Waals surface area contributed by atoms with Gasteiger partial charge in [-0.2, -0.15) is 0 Å². The van der Waals surface area contributed by atoms with Crippen LogP contribution in [0.25, 0.3) is 0 Å². The summed E-state index contributed by atoms with van der Waals surface area (Å²) in [5.74, 6) is 0. The van der Waals surface area contributed by atoms with Crippen LogP contribution in [0.3, 0.4) is 0 Å². The van der Waals surface area contributed by atoms with Gasteiger partial charge in [-0.15, -0.1) is 0 Å². The Morgan fingerprint density at radius 3 is 2.55 bits per heavy atom. The third kappa shape index (κ3) is 3.58. The van der Waals surface area contributed by atoms with Crippen LogP contribution in [0, 0.1) is 17.0 Å². The maximum Gasteiger partial charge on any atom is 0.292 e. The van der Waals surface area contributed by atoms with E-state index in [2.05, 4.69) is 37.2 Å². The molecule has 0 radical (unpaired) electrons. The van der Waals surface area contributed by atoms with Crippen LogP contribution in [0.4, 0.5) is 11.4 Å². The fourth-order valence-electron chi connectivity index (χ4n) is 1.79. The standard InChI is InChI=1S/C14H12Br2N2O2/c1-9-2-5-13(14(6-9)18(19)20)17-8-10-3-4-11(15)12(16)7-10/h2-7,17H,8H2,1H3. The SMILES string of the molecule is Cc1ccc(NCc2ccc(Br)c(Br)c2)c([N+](=O)[O-])c1. The van der Waals surface area contributed by atoms with Crippen molar-refractivity contribution in [2.24, 2.45) is 0 Å². The highest BCUT2D eigenvalue weighted by molar-refractivity contribution is 9.13. The fraction of sp³-hybridized carbons (Fsp3) is 0.143. The smallest absolute Gasteiger partial charge is 0.292 e. The molecule has 0 unspecified atom stereocenters. The Labute approximate surface area is 133 Å². The van der Waals surface area contributed by atoms with E-state index in [1.807, 2.05) is 31.2 Å². The minimum atomic E-state index is -0.368. The highest BCUT2D eigenvalue weighted by Crippen LogP contribution is 2.27. The molecule has 0 fully saturated rings. The zero-order chi connectivity index (χ0) is 14.7. The van der Waals surface area contributed by atoms with Crippen LogP contribution >= 0.6 is 31.9 Å². The largest absolute Gasteiger partial charge is 0.375 e. The molecule has 2 aromatic rings. The van der Waals surface area contributed by atoms with Crippen molar-refractivity contribution >= 4 is 43.2 Å². The maximum atomic E-state index is 11.0. The average Bonchev–Trinajstić information content (AvgIpc) is 2.41. The molecule has 1 N–H and O–H groups in total. The molecule has 0 aliphatic rings. The van der Waals surface area contributed by atoms with E-state index in [9.17, 15) is 10.1 Å². The molecule has 0 amide bonds. The van der Waals surface area contributed by atoms with Gasteiger partial charge in [-0.1, -0.05) is 12.1 Å². The van der Waals surface area contributed by atoms with Gasteiger partial charge in [-0.3, -0.25) is 10.1 Å². The van der Waals surface area contributed by atoms with Crippen LogP contribution in [0.15, 0.2) is 45.3 Å². The summed E-state index contributed by atoms with van der Waals surface area (Å²) in [6.45, 7) is 2.36. The summed E-state index contributed by atoms with van der Waals surface area (Å²) in [5, 5.41) is 14.1. The Kier molecular flexibility index (Phi) is 4.77. The van der Waals surface area contributed by atoms with E-state index in [-0.39, 0.29) is 10.6 Å². The van der Waals surface area contributed by atoms with Gasteiger partial charge in [0, 0.05) is 21.6 Å².